The SMILES string of the molecule is CC(C)(C)c1cccc(C#N)c1OC1CC1. The molecule has 1 aliphatic carbocycles. The lowest BCUT2D eigenvalue weighted by atomic mass is 9.85. The van der Waals surface area contributed by atoms with Gasteiger partial charge in [0.25, 0.3) is 0 Å². The average Bonchev–Trinajstić information content (AvgIpc) is 3.00. The zero-order chi connectivity index (χ0) is 11.8. The predicted octanol–water partition coefficient (Wildman–Crippen LogP) is 3.40. The van der Waals surface area contributed by atoms with Crippen molar-refractivity contribution < 1.29 is 4.74 Å². The van der Waals surface area contributed by atoms with Crippen molar-refractivity contribution in [2.45, 2.75) is 45.1 Å². The maximum Gasteiger partial charge on any atom is 0.141 e. The summed E-state index contributed by atoms with van der Waals surface area (Å²) in [6.07, 6.45) is 2.56. The number of hydrogen-bond donors (Lipinski definition) is 0. The Morgan fingerprint density at radius 3 is 2.50 bits per heavy atom. The van der Waals surface area contributed by atoms with Crippen molar-refractivity contribution in [2.24, 2.45) is 0 Å². The van der Waals surface area contributed by atoms with Gasteiger partial charge in [0.05, 0.1) is 11.7 Å². The second-order valence-electron chi connectivity index (χ2n) is 5.36. The average molecular weight is 215 g/mol. The molecule has 0 unspecified atom stereocenters. The Kier molecular flexibility index (Phi) is 2.63. The van der Waals surface area contributed by atoms with Crippen LogP contribution in [0.5, 0.6) is 5.75 Å². The zero-order valence-electron chi connectivity index (χ0n) is 10.1. The molecule has 84 valence electrons. The molecule has 1 saturated carbocycles. The monoisotopic (exact) mass is 215 g/mol. The van der Waals surface area contributed by atoms with Crippen molar-refractivity contribution in [1.82, 2.24) is 0 Å². The van der Waals surface area contributed by atoms with Crippen LogP contribution in [0.3, 0.4) is 0 Å². The van der Waals surface area contributed by atoms with E-state index in [4.69, 9.17) is 10.00 Å². The topological polar surface area (TPSA) is 33.0 Å². The Hall–Kier alpha value is -1.49. The third-order valence-corrected chi connectivity index (χ3v) is 2.75. The standard InChI is InChI=1S/C14H17NO/c1-14(2,3)12-6-4-5-10(9-15)13(12)16-11-7-8-11/h4-6,11H,7-8H2,1-3H3. The number of nitriles is 1. The molecule has 2 nitrogen and oxygen atoms in total. The van der Waals surface area contributed by atoms with Gasteiger partial charge in [-0.3, -0.25) is 0 Å². The van der Waals surface area contributed by atoms with E-state index in [2.05, 4.69) is 32.9 Å². The molecule has 1 aliphatic rings. The highest BCUT2D eigenvalue weighted by atomic mass is 16.5. The second kappa shape index (κ2) is 3.83. The molecule has 0 N–H and O–H groups in total. The highest BCUT2D eigenvalue weighted by Crippen LogP contribution is 2.37. The van der Waals surface area contributed by atoms with Crippen LogP contribution in [0.15, 0.2) is 18.2 Å². The second-order valence-corrected chi connectivity index (χ2v) is 5.36. The van der Waals surface area contributed by atoms with Crippen LogP contribution in [0.2, 0.25) is 0 Å². The summed E-state index contributed by atoms with van der Waals surface area (Å²) in [5.41, 5.74) is 1.79. The molecule has 2 heteroatoms. The third kappa shape index (κ3) is 2.19. The molecule has 16 heavy (non-hydrogen) atoms. The first-order valence-electron chi connectivity index (χ1n) is 5.72. The maximum absolute atomic E-state index is 9.11. The highest BCUT2D eigenvalue weighted by Gasteiger charge is 2.28. The van der Waals surface area contributed by atoms with E-state index in [0.29, 0.717) is 11.7 Å². The molecule has 0 aliphatic heterocycles. The number of hydrogen-bond acceptors (Lipinski definition) is 2. The summed E-state index contributed by atoms with van der Waals surface area (Å²) in [5.74, 6) is 0.792. The highest BCUT2D eigenvalue weighted by molar-refractivity contribution is 5.51. The first-order valence-corrected chi connectivity index (χ1v) is 5.72. The Balaban J connectivity index is 2.46. The smallest absolute Gasteiger partial charge is 0.141 e. The van der Waals surface area contributed by atoms with E-state index < -0.39 is 0 Å². The lowest BCUT2D eigenvalue weighted by Gasteiger charge is -2.23. The lowest BCUT2D eigenvalue weighted by Crippen LogP contribution is -2.14. The van der Waals surface area contributed by atoms with Crippen LogP contribution >= 0.6 is 0 Å². The van der Waals surface area contributed by atoms with Crippen LogP contribution in [0.4, 0.5) is 0 Å². The van der Waals surface area contributed by atoms with Gasteiger partial charge >= 0.3 is 0 Å². The lowest BCUT2D eigenvalue weighted by molar-refractivity contribution is 0.294. The van der Waals surface area contributed by atoms with Crippen LogP contribution in [-0.4, -0.2) is 6.10 Å². The van der Waals surface area contributed by atoms with Gasteiger partial charge in [-0.25, -0.2) is 0 Å². The van der Waals surface area contributed by atoms with Crippen molar-refractivity contribution in [2.75, 3.05) is 0 Å². The van der Waals surface area contributed by atoms with Crippen molar-refractivity contribution in [3.63, 3.8) is 0 Å². The van der Waals surface area contributed by atoms with Crippen molar-refractivity contribution in [3.8, 4) is 11.8 Å². The molecule has 0 saturated heterocycles. The first-order chi connectivity index (χ1) is 7.52. The maximum atomic E-state index is 9.11. The molecule has 0 atom stereocenters. The summed E-state index contributed by atoms with van der Waals surface area (Å²) < 4.78 is 5.88. The summed E-state index contributed by atoms with van der Waals surface area (Å²) in [6, 6.07) is 8.03. The third-order valence-electron chi connectivity index (χ3n) is 2.75. The van der Waals surface area contributed by atoms with Gasteiger partial charge in [0, 0.05) is 5.56 Å². The molecule has 0 aromatic heterocycles. The molecule has 0 heterocycles. The van der Waals surface area contributed by atoms with E-state index in [1.54, 1.807) is 0 Å². The Bertz CT molecular complexity index is 433. The van der Waals surface area contributed by atoms with Gasteiger partial charge in [-0.2, -0.15) is 5.26 Å². The summed E-state index contributed by atoms with van der Waals surface area (Å²) >= 11 is 0. The molecular formula is C14H17NO. The van der Waals surface area contributed by atoms with Crippen molar-refractivity contribution in [3.05, 3.63) is 29.3 Å². The summed E-state index contributed by atoms with van der Waals surface area (Å²) in [5, 5.41) is 9.11. The molecule has 2 rings (SSSR count). The number of para-hydroxylation sites is 1. The van der Waals surface area contributed by atoms with Crippen molar-refractivity contribution in [1.29, 1.82) is 5.26 Å². The normalized spacial score (nSPS) is 15.6. The fourth-order valence-corrected chi connectivity index (χ4v) is 1.70. The number of ether oxygens (including phenoxy) is 1. The Morgan fingerprint density at radius 2 is 2.00 bits per heavy atom. The molecule has 0 amide bonds. The van der Waals surface area contributed by atoms with E-state index in [9.17, 15) is 0 Å². The number of nitrogens with zero attached hydrogens (tertiary/aromatic N) is 1. The van der Waals surface area contributed by atoms with Crippen molar-refractivity contribution >= 4 is 0 Å². The van der Waals surface area contributed by atoms with Gasteiger partial charge in [-0.15, -0.1) is 0 Å². The number of rotatable bonds is 2. The Labute approximate surface area is 96.9 Å². The van der Waals surface area contributed by atoms with Crippen LogP contribution in [0.1, 0.15) is 44.7 Å². The summed E-state index contributed by atoms with van der Waals surface area (Å²) in [4.78, 5) is 0. The van der Waals surface area contributed by atoms with Crippen LogP contribution in [-0.2, 0) is 5.41 Å². The quantitative estimate of drug-likeness (QED) is 0.757. The minimum absolute atomic E-state index is 0.0110. The van der Waals surface area contributed by atoms with Gasteiger partial charge in [0.15, 0.2) is 0 Å². The molecule has 0 radical (unpaired) electrons. The molecular weight excluding hydrogens is 198 g/mol. The van der Waals surface area contributed by atoms with Gasteiger partial charge in [-0.1, -0.05) is 32.9 Å². The van der Waals surface area contributed by atoms with Crippen LogP contribution < -0.4 is 4.74 Å². The van der Waals surface area contributed by atoms with E-state index in [1.807, 2.05) is 12.1 Å². The molecule has 0 spiro atoms. The van der Waals surface area contributed by atoms with E-state index >= 15 is 0 Å². The summed E-state index contributed by atoms with van der Waals surface area (Å²) in [6.45, 7) is 6.43. The van der Waals surface area contributed by atoms with Gasteiger partial charge in [0.2, 0.25) is 0 Å². The van der Waals surface area contributed by atoms with E-state index in [0.717, 1.165) is 24.2 Å². The Morgan fingerprint density at radius 1 is 1.31 bits per heavy atom. The summed E-state index contributed by atoms with van der Waals surface area (Å²) in [7, 11) is 0. The minimum Gasteiger partial charge on any atom is -0.489 e. The number of benzene rings is 1. The van der Waals surface area contributed by atoms with Gasteiger partial charge in [0.1, 0.15) is 11.8 Å². The van der Waals surface area contributed by atoms with Crippen LogP contribution in [0, 0.1) is 11.3 Å². The molecule has 1 aromatic carbocycles. The molecule has 0 bridgehead atoms. The zero-order valence-corrected chi connectivity index (χ0v) is 10.1. The van der Waals surface area contributed by atoms with E-state index in [1.165, 1.54) is 0 Å². The largest absolute Gasteiger partial charge is 0.489 e. The fraction of sp³-hybridized carbons (Fsp3) is 0.500. The van der Waals surface area contributed by atoms with Gasteiger partial charge < -0.3 is 4.74 Å². The van der Waals surface area contributed by atoms with E-state index in [-0.39, 0.29) is 5.41 Å². The fourth-order valence-electron chi connectivity index (χ4n) is 1.70. The molecule has 1 aromatic rings. The molecule has 1 fully saturated rings. The van der Waals surface area contributed by atoms with Crippen LogP contribution in [0.25, 0.3) is 0 Å². The predicted molar refractivity (Wildman–Crippen MR) is 63.5 cm³/mol. The first kappa shape index (κ1) is 11.0. The minimum atomic E-state index is 0.0110. The van der Waals surface area contributed by atoms with Gasteiger partial charge in [-0.05, 0) is 24.3 Å².